The zero-order valence-electron chi connectivity index (χ0n) is 12.3. The van der Waals surface area contributed by atoms with Crippen molar-refractivity contribution < 1.29 is 4.39 Å². The number of nitrogens with one attached hydrogen (secondary N) is 1. The van der Waals surface area contributed by atoms with Gasteiger partial charge in [0.1, 0.15) is 5.82 Å². The Labute approximate surface area is 120 Å². The first-order chi connectivity index (χ1) is 9.54. The van der Waals surface area contributed by atoms with Gasteiger partial charge in [-0.2, -0.15) is 0 Å². The van der Waals surface area contributed by atoms with Crippen LogP contribution in [0.25, 0.3) is 0 Å². The molecule has 106 valence electrons. The van der Waals surface area contributed by atoms with Gasteiger partial charge in [0.2, 0.25) is 0 Å². The van der Waals surface area contributed by atoms with Gasteiger partial charge in [0.15, 0.2) is 0 Å². The molecule has 2 nitrogen and oxygen atoms in total. The Bertz CT molecular complexity index is 562. The van der Waals surface area contributed by atoms with Crippen LogP contribution >= 0.6 is 0 Å². The molecule has 0 aromatic heterocycles. The number of hydrogen-bond donors (Lipinski definition) is 1. The van der Waals surface area contributed by atoms with E-state index in [1.54, 1.807) is 6.07 Å². The number of rotatable bonds is 5. The standard InChI is InChI=1S/C17H21FN2/c1-13-4-9-17(18)15(10-13)11-19-16-7-5-14(6-8-16)12-20(2)3/h4-10,19H,11-12H2,1-3H3. The first-order valence-corrected chi connectivity index (χ1v) is 6.77. The topological polar surface area (TPSA) is 15.3 Å². The molecular formula is C17H21FN2. The Morgan fingerprint density at radius 1 is 1.05 bits per heavy atom. The maximum Gasteiger partial charge on any atom is 0.128 e. The molecule has 0 aliphatic heterocycles. The van der Waals surface area contributed by atoms with E-state index in [0.717, 1.165) is 17.8 Å². The number of nitrogens with zero attached hydrogens (tertiary/aromatic N) is 1. The van der Waals surface area contributed by atoms with E-state index < -0.39 is 0 Å². The van der Waals surface area contributed by atoms with E-state index >= 15 is 0 Å². The molecule has 20 heavy (non-hydrogen) atoms. The van der Waals surface area contributed by atoms with Gasteiger partial charge < -0.3 is 10.2 Å². The summed E-state index contributed by atoms with van der Waals surface area (Å²) in [5.74, 6) is -0.160. The van der Waals surface area contributed by atoms with Crippen molar-refractivity contribution in [3.8, 4) is 0 Å². The second kappa shape index (κ2) is 6.53. The SMILES string of the molecule is Cc1ccc(F)c(CNc2ccc(CN(C)C)cc2)c1. The van der Waals surface area contributed by atoms with Crippen molar-refractivity contribution in [1.29, 1.82) is 0 Å². The van der Waals surface area contributed by atoms with Crippen LogP contribution in [-0.4, -0.2) is 19.0 Å². The predicted molar refractivity (Wildman–Crippen MR) is 82.3 cm³/mol. The summed E-state index contributed by atoms with van der Waals surface area (Å²) >= 11 is 0. The quantitative estimate of drug-likeness (QED) is 0.890. The monoisotopic (exact) mass is 272 g/mol. The summed E-state index contributed by atoms with van der Waals surface area (Å²) in [7, 11) is 4.10. The van der Waals surface area contributed by atoms with Gasteiger partial charge >= 0.3 is 0 Å². The van der Waals surface area contributed by atoms with Gasteiger partial charge in [0.05, 0.1) is 0 Å². The van der Waals surface area contributed by atoms with E-state index in [9.17, 15) is 4.39 Å². The molecule has 2 aromatic rings. The van der Waals surface area contributed by atoms with E-state index in [1.165, 1.54) is 11.6 Å². The van der Waals surface area contributed by atoms with Crippen LogP contribution in [0.1, 0.15) is 16.7 Å². The molecule has 2 rings (SSSR count). The first kappa shape index (κ1) is 14.5. The summed E-state index contributed by atoms with van der Waals surface area (Å²) in [5.41, 5.74) is 4.04. The minimum Gasteiger partial charge on any atom is -0.381 e. The second-order valence-corrected chi connectivity index (χ2v) is 5.38. The highest BCUT2D eigenvalue weighted by atomic mass is 19.1. The fraction of sp³-hybridized carbons (Fsp3) is 0.294. The van der Waals surface area contributed by atoms with Crippen molar-refractivity contribution in [3.63, 3.8) is 0 Å². The minimum absolute atomic E-state index is 0.160. The van der Waals surface area contributed by atoms with Gasteiger partial charge in [0.25, 0.3) is 0 Å². The van der Waals surface area contributed by atoms with E-state index in [4.69, 9.17) is 0 Å². The normalized spacial score (nSPS) is 10.8. The molecule has 0 aliphatic carbocycles. The van der Waals surface area contributed by atoms with Crippen LogP contribution in [-0.2, 0) is 13.1 Å². The van der Waals surface area contributed by atoms with E-state index in [-0.39, 0.29) is 5.82 Å². The average molecular weight is 272 g/mol. The van der Waals surface area contributed by atoms with Crippen LogP contribution in [0.3, 0.4) is 0 Å². The van der Waals surface area contributed by atoms with Gasteiger partial charge in [0, 0.05) is 24.3 Å². The summed E-state index contributed by atoms with van der Waals surface area (Å²) in [6.07, 6.45) is 0. The van der Waals surface area contributed by atoms with Gasteiger partial charge in [-0.1, -0.05) is 29.8 Å². The lowest BCUT2D eigenvalue weighted by molar-refractivity contribution is 0.402. The molecule has 0 saturated heterocycles. The lowest BCUT2D eigenvalue weighted by Crippen LogP contribution is -2.10. The molecule has 0 atom stereocenters. The van der Waals surface area contributed by atoms with Crippen LogP contribution in [0.15, 0.2) is 42.5 Å². The largest absolute Gasteiger partial charge is 0.381 e. The van der Waals surface area contributed by atoms with Crippen molar-refractivity contribution in [2.75, 3.05) is 19.4 Å². The van der Waals surface area contributed by atoms with Gasteiger partial charge in [-0.3, -0.25) is 0 Å². The van der Waals surface area contributed by atoms with Gasteiger partial charge in [-0.25, -0.2) is 4.39 Å². The Balaban J connectivity index is 1.98. The number of benzene rings is 2. The number of anilines is 1. The highest BCUT2D eigenvalue weighted by molar-refractivity contribution is 5.45. The predicted octanol–water partition coefficient (Wildman–Crippen LogP) is 3.81. The molecule has 1 N–H and O–H groups in total. The third-order valence-corrected chi connectivity index (χ3v) is 3.14. The summed E-state index contributed by atoms with van der Waals surface area (Å²) in [6, 6.07) is 13.4. The molecule has 0 aliphatic rings. The van der Waals surface area contributed by atoms with Crippen LogP contribution in [0.4, 0.5) is 10.1 Å². The molecular weight excluding hydrogens is 251 g/mol. The Kier molecular flexibility index (Phi) is 4.74. The molecule has 3 heteroatoms. The summed E-state index contributed by atoms with van der Waals surface area (Å²) < 4.78 is 13.6. The smallest absolute Gasteiger partial charge is 0.128 e. The Morgan fingerprint density at radius 3 is 2.40 bits per heavy atom. The third-order valence-electron chi connectivity index (χ3n) is 3.14. The number of aryl methyl sites for hydroxylation is 1. The minimum atomic E-state index is -0.160. The van der Waals surface area contributed by atoms with Crippen molar-refractivity contribution in [3.05, 3.63) is 65.0 Å². The highest BCUT2D eigenvalue weighted by Gasteiger charge is 2.02. The van der Waals surface area contributed by atoms with E-state index in [0.29, 0.717) is 12.1 Å². The summed E-state index contributed by atoms with van der Waals surface area (Å²) in [5, 5.41) is 3.26. The highest BCUT2D eigenvalue weighted by Crippen LogP contribution is 2.15. The molecule has 0 radical (unpaired) electrons. The van der Waals surface area contributed by atoms with Crippen LogP contribution in [0.5, 0.6) is 0 Å². The van der Waals surface area contributed by atoms with Crippen molar-refractivity contribution in [2.24, 2.45) is 0 Å². The van der Waals surface area contributed by atoms with Crippen LogP contribution < -0.4 is 5.32 Å². The molecule has 0 saturated carbocycles. The van der Waals surface area contributed by atoms with Crippen LogP contribution in [0, 0.1) is 12.7 Å². The number of halogens is 1. The first-order valence-electron chi connectivity index (χ1n) is 6.77. The zero-order valence-corrected chi connectivity index (χ0v) is 12.3. The average Bonchev–Trinajstić information content (AvgIpc) is 2.41. The Morgan fingerprint density at radius 2 is 1.75 bits per heavy atom. The van der Waals surface area contributed by atoms with Crippen molar-refractivity contribution >= 4 is 5.69 Å². The molecule has 0 bridgehead atoms. The lowest BCUT2D eigenvalue weighted by atomic mass is 10.1. The lowest BCUT2D eigenvalue weighted by Gasteiger charge is -2.11. The maximum atomic E-state index is 13.6. The molecule has 0 heterocycles. The molecule has 0 fully saturated rings. The zero-order chi connectivity index (χ0) is 14.5. The molecule has 0 unspecified atom stereocenters. The van der Waals surface area contributed by atoms with E-state index in [2.05, 4.69) is 22.3 Å². The van der Waals surface area contributed by atoms with E-state index in [1.807, 2.05) is 39.2 Å². The fourth-order valence-electron chi connectivity index (χ4n) is 2.13. The third kappa shape index (κ3) is 4.07. The molecule has 2 aromatic carbocycles. The van der Waals surface area contributed by atoms with Crippen LogP contribution in [0.2, 0.25) is 0 Å². The summed E-state index contributed by atoms with van der Waals surface area (Å²) in [6.45, 7) is 3.40. The van der Waals surface area contributed by atoms with Crippen molar-refractivity contribution in [2.45, 2.75) is 20.0 Å². The Hall–Kier alpha value is -1.87. The van der Waals surface area contributed by atoms with Gasteiger partial charge in [-0.05, 0) is 44.8 Å². The molecule has 0 spiro atoms. The molecule has 0 amide bonds. The van der Waals surface area contributed by atoms with Crippen molar-refractivity contribution in [1.82, 2.24) is 4.90 Å². The number of hydrogen-bond acceptors (Lipinski definition) is 2. The van der Waals surface area contributed by atoms with Gasteiger partial charge in [-0.15, -0.1) is 0 Å². The summed E-state index contributed by atoms with van der Waals surface area (Å²) in [4.78, 5) is 2.13. The maximum absolute atomic E-state index is 13.6. The fourth-order valence-corrected chi connectivity index (χ4v) is 2.13. The second-order valence-electron chi connectivity index (χ2n) is 5.38.